The molecule has 1 aliphatic carbocycles. The van der Waals surface area contributed by atoms with Gasteiger partial charge in [0.2, 0.25) is 0 Å². The van der Waals surface area contributed by atoms with Crippen LogP contribution in [-0.2, 0) is 6.54 Å². The summed E-state index contributed by atoms with van der Waals surface area (Å²) in [5.74, 6) is 0. The Morgan fingerprint density at radius 1 is 1.29 bits per heavy atom. The first-order valence-electron chi connectivity index (χ1n) is 7.96. The van der Waals surface area contributed by atoms with Crippen molar-refractivity contribution in [3.8, 4) is 0 Å². The minimum atomic E-state index is 0.393. The average Bonchev–Trinajstić information content (AvgIpc) is 3.17. The summed E-state index contributed by atoms with van der Waals surface area (Å²) >= 11 is 0. The number of rotatable bonds is 5. The van der Waals surface area contributed by atoms with Crippen LogP contribution in [0, 0.1) is 6.92 Å². The Morgan fingerprint density at radius 3 is 2.71 bits per heavy atom. The highest BCUT2D eigenvalue weighted by molar-refractivity contribution is 5.46. The lowest BCUT2D eigenvalue weighted by atomic mass is 10.2. The maximum Gasteiger partial charge on any atom is 0.0825 e. The van der Waals surface area contributed by atoms with E-state index < -0.39 is 0 Å². The monoisotopic (exact) mass is 287 g/mol. The fourth-order valence-electron chi connectivity index (χ4n) is 2.95. The van der Waals surface area contributed by atoms with E-state index in [0.717, 1.165) is 17.9 Å². The third-order valence-electron chi connectivity index (χ3n) is 4.28. The molecular formula is C16H25N5. The molecule has 2 aromatic heterocycles. The molecule has 0 amide bonds. The zero-order valence-corrected chi connectivity index (χ0v) is 13.2. The Labute approximate surface area is 126 Å². The molecule has 2 heterocycles. The van der Waals surface area contributed by atoms with Crippen LogP contribution in [0.2, 0.25) is 0 Å². The molecule has 21 heavy (non-hydrogen) atoms. The summed E-state index contributed by atoms with van der Waals surface area (Å²) in [7, 11) is 0. The van der Waals surface area contributed by atoms with Gasteiger partial charge in [0.1, 0.15) is 0 Å². The first-order valence-corrected chi connectivity index (χ1v) is 7.96. The Morgan fingerprint density at radius 2 is 2.05 bits per heavy atom. The molecule has 1 aliphatic rings. The molecule has 0 atom stereocenters. The van der Waals surface area contributed by atoms with Crippen LogP contribution in [0.3, 0.4) is 0 Å². The van der Waals surface area contributed by atoms with Crippen molar-refractivity contribution in [1.82, 2.24) is 19.6 Å². The molecule has 0 aliphatic heterocycles. The SMILES string of the molecule is Cc1nn(C(C)C)cc1NCc1cnn(C2CCCC2)c1. The van der Waals surface area contributed by atoms with E-state index in [-0.39, 0.29) is 0 Å². The number of nitrogens with one attached hydrogen (secondary N) is 1. The van der Waals surface area contributed by atoms with Crippen molar-refractivity contribution in [2.45, 2.75) is 65.1 Å². The van der Waals surface area contributed by atoms with Crippen molar-refractivity contribution < 1.29 is 0 Å². The minimum absolute atomic E-state index is 0.393. The van der Waals surface area contributed by atoms with Gasteiger partial charge in [-0.2, -0.15) is 10.2 Å². The zero-order valence-electron chi connectivity index (χ0n) is 13.2. The number of hydrogen-bond donors (Lipinski definition) is 1. The van der Waals surface area contributed by atoms with Gasteiger partial charge in [-0.25, -0.2) is 0 Å². The van der Waals surface area contributed by atoms with Gasteiger partial charge >= 0.3 is 0 Å². The zero-order chi connectivity index (χ0) is 14.8. The lowest BCUT2D eigenvalue weighted by molar-refractivity contribution is 0.466. The van der Waals surface area contributed by atoms with Crippen molar-refractivity contribution in [3.05, 3.63) is 29.8 Å². The smallest absolute Gasteiger partial charge is 0.0825 e. The van der Waals surface area contributed by atoms with E-state index in [2.05, 4.69) is 46.4 Å². The van der Waals surface area contributed by atoms with E-state index in [1.807, 2.05) is 17.8 Å². The van der Waals surface area contributed by atoms with Crippen LogP contribution < -0.4 is 5.32 Å². The lowest BCUT2D eigenvalue weighted by Crippen LogP contribution is -2.04. The third-order valence-corrected chi connectivity index (χ3v) is 4.28. The molecule has 0 aromatic carbocycles. The molecule has 0 saturated heterocycles. The molecule has 0 radical (unpaired) electrons. The average molecular weight is 287 g/mol. The fourth-order valence-corrected chi connectivity index (χ4v) is 2.95. The molecule has 0 spiro atoms. The second kappa shape index (κ2) is 5.92. The van der Waals surface area contributed by atoms with Crippen molar-refractivity contribution in [3.63, 3.8) is 0 Å². The predicted octanol–water partition coefficient (Wildman–Crippen LogP) is 3.70. The fraction of sp³-hybridized carbons (Fsp3) is 0.625. The van der Waals surface area contributed by atoms with E-state index in [4.69, 9.17) is 0 Å². The summed E-state index contributed by atoms with van der Waals surface area (Å²) in [6, 6.07) is 1.01. The maximum absolute atomic E-state index is 4.52. The Hall–Kier alpha value is -1.78. The Bertz CT molecular complexity index is 590. The van der Waals surface area contributed by atoms with Gasteiger partial charge in [-0.1, -0.05) is 12.8 Å². The lowest BCUT2D eigenvalue weighted by Gasteiger charge is -2.08. The van der Waals surface area contributed by atoms with Crippen LogP contribution in [0.15, 0.2) is 18.6 Å². The molecule has 2 aromatic rings. The molecular weight excluding hydrogens is 262 g/mol. The molecule has 3 rings (SSSR count). The molecule has 1 fully saturated rings. The minimum Gasteiger partial charge on any atom is -0.378 e. The van der Waals surface area contributed by atoms with E-state index in [0.29, 0.717) is 12.1 Å². The largest absolute Gasteiger partial charge is 0.378 e. The third kappa shape index (κ3) is 3.12. The first-order chi connectivity index (χ1) is 10.1. The van der Waals surface area contributed by atoms with Crippen LogP contribution >= 0.6 is 0 Å². The highest BCUT2D eigenvalue weighted by atomic mass is 15.3. The predicted molar refractivity (Wildman–Crippen MR) is 84.4 cm³/mol. The molecule has 114 valence electrons. The van der Waals surface area contributed by atoms with Gasteiger partial charge in [-0.15, -0.1) is 0 Å². The number of anilines is 1. The molecule has 5 nitrogen and oxygen atoms in total. The molecule has 1 saturated carbocycles. The second-order valence-electron chi connectivity index (χ2n) is 6.32. The standard InChI is InChI=1S/C16H25N5/c1-12(2)20-11-16(13(3)19-20)17-8-14-9-18-21(10-14)15-6-4-5-7-15/h9-12,15,17H,4-8H2,1-3H3. The molecule has 1 N–H and O–H groups in total. The van der Waals surface area contributed by atoms with Gasteiger partial charge in [0.25, 0.3) is 0 Å². The van der Waals surface area contributed by atoms with Crippen LogP contribution in [0.5, 0.6) is 0 Å². The summed E-state index contributed by atoms with van der Waals surface area (Å²) in [5.41, 5.74) is 3.39. The molecule has 0 unspecified atom stereocenters. The molecule has 5 heteroatoms. The normalized spacial score (nSPS) is 16.0. The van der Waals surface area contributed by atoms with Crippen molar-refractivity contribution in [2.75, 3.05) is 5.32 Å². The summed E-state index contributed by atoms with van der Waals surface area (Å²) < 4.78 is 4.15. The number of aromatic nitrogens is 4. The second-order valence-corrected chi connectivity index (χ2v) is 6.32. The van der Waals surface area contributed by atoms with Gasteiger partial charge in [0.05, 0.1) is 23.6 Å². The van der Waals surface area contributed by atoms with Crippen molar-refractivity contribution in [2.24, 2.45) is 0 Å². The maximum atomic E-state index is 4.52. The first kappa shape index (κ1) is 14.2. The Kier molecular flexibility index (Phi) is 3.99. The number of hydrogen-bond acceptors (Lipinski definition) is 3. The topological polar surface area (TPSA) is 47.7 Å². The summed E-state index contributed by atoms with van der Waals surface area (Å²) in [6.07, 6.45) is 11.5. The van der Waals surface area contributed by atoms with Gasteiger partial charge in [0.15, 0.2) is 0 Å². The summed E-state index contributed by atoms with van der Waals surface area (Å²) in [6.45, 7) is 7.13. The van der Waals surface area contributed by atoms with Crippen molar-refractivity contribution in [1.29, 1.82) is 0 Å². The highest BCUT2D eigenvalue weighted by Crippen LogP contribution is 2.28. The van der Waals surface area contributed by atoms with E-state index >= 15 is 0 Å². The van der Waals surface area contributed by atoms with Crippen LogP contribution in [0.4, 0.5) is 5.69 Å². The van der Waals surface area contributed by atoms with Gasteiger partial charge in [-0.3, -0.25) is 9.36 Å². The van der Waals surface area contributed by atoms with Gasteiger partial charge in [-0.05, 0) is 33.6 Å². The summed E-state index contributed by atoms with van der Waals surface area (Å²) in [4.78, 5) is 0. The van der Waals surface area contributed by atoms with Crippen LogP contribution in [-0.4, -0.2) is 19.6 Å². The van der Waals surface area contributed by atoms with E-state index in [9.17, 15) is 0 Å². The highest BCUT2D eigenvalue weighted by Gasteiger charge is 2.17. The van der Waals surface area contributed by atoms with Crippen molar-refractivity contribution >= 4 is 5.69 Å². The number of aryl methyl sites for hydroxylation is 1. The molecule has 0 bridgehead atoms. The van der Waals surface area contributed by atoms with Crippen LogP contribution in [0.1, 0.15) is 62.9 Å². The van der Waals surface area contributed by atoms with E-state index in [1.165, 1.54) is 31.2 Å². The van der Waals surface area contributed by atoms with Gasteiger partial charge < -0.3 is 5.32 Å². The van der Waals surface area contributed by atoms with Crippen LogP contribution in [0.25, 0.3) is 0 Å². The quantitative estimate of drug-likeness (QED) is 0.912. The van der Waals surface area contributed by atoms with E-state index in [1.54, 1.807) is 0 Å². The summed E-state index contributed by atoms with van der Waals surface area (Å²) in [5, 5.41) is 12.5. The van der Waals surface area contributed by atoms with Gasteiger partial charge in [0, 0.05) is 30.5 Å². The number of nitrogens with zero attached hydrogens (tertiary/aromatic N) is 4. The Balaban J connectivity index is 1.62.